The van der Waals surface area contributed by atoms with Crippen LogP contribution in [-0.2, 0) is 6.54 Å². The van der Waals surface area contributed by atoms with E-state index in [1.54, 1.807) is 13.1 Å². The van der Waals surface area contributed by atoms with Gasteiger partial charge in [0.2, 0.25) is 0 Å². The predicted octanol–water partition coefficient (Wildman–Crippen LogP) is 2.90. The molecule has 1 heterocycles. The molecule has 0 amide bonds. The van der Waals surface area contributed by atoms with E-state index in [1.165, 1.54) is 6.07 Å². The lowest BCUT2D eigenvalue weighted by atomic mass is 10.2. The molecule has 0 saturated carbocycles. The number of ether oxygens (including phenoxy) is 1. The highest BCUT2D eigenvalue weighted by Crippen LogP contribution is 2.33. The van der Waals surface area contributed by atoms with Crippen LogP contribution in [0.2, 0.25) is 10.0 Å². The summed E-state index contributed by atoms with van der Waals surface area (Å²) in [4.78, 5) is 8.99. The van der Waals surface area contributed by atoms with Crippen LogP contribution in [0.1, 0.15) is 12.5 Å². The lowest BCUT2D eigenvalue weighted by molar-refractivity contribution is -0.0504. The number of piperazine rings is 1. The van der Waals surface area contributed by atoms with Gasteiger partial charge in [-0.15, -0.1) is 0 Å². The Kier molecular flexibility index (Phi) is 9.50. The molecule has 0 radical (unpaired) electrons. The van der Waals surface area contributed by atoms with Gasteiger partial charge in [-0.3, -0.25) is 9.89 Å². The highest BCUT2D eigenvalue weighted by Gasteiger charge is 2.16. The Balaban J connectivity index is 1.84. The normalized spacial score (nSPS) is 16.5. The van der Waals surface area contributed by atoms with Crippen molar-refractivity contribution in [1.82, 2.24) is 20.4 Å². The first-order valence-electron chi connectivity index (χ1n) is 9.24. The maximum absolute atomic E-state index is 12.7. The number of nitrogens with zero attached hydrogens (tertiary/aromatic N) is 3. The molecule has 1 aliphatic rings. The van der Waals surface area contributed by atoms with Crippen LogP contribution in [0, 0.1) is 0 Å². The molecule has 1 saturated heterocycles. The minimum Gasteiger partial charge on any atom is -0.433 e. The molecule has 6 nitrogen and oxygen atoms in total. The minimum atomic E-state index is -2.97. The van der Waals surface area contributed by atoms with Crippen LogP contribution in [0.3, 0.4) is 0 Å². The fourth-order valence-corrected chi connectivity index (χ4v) is 3.61. The van der Waals surface area contributed by atoms with Gasteiger partial charge in [-0.25, -0.2) is 0 Å². The summed E-state index contributed by atoms with van der Waals surface area (Å²) in [5.74, 6) is 0.476. The molecule has 0 bridgehead atoms. The van der Waals surface area contributed by atoms with E-state index >= 15 is 0 Å². The zero-order valence-corrected chi connectivity index (χ0v) is 17.7. The topological polar surface area (TPSA) is 52.1 Å². The fraction of sp³-hybridized carbons (Fsp3) is 0.611. The fourth-order valence-electron chi connectivity index (χ4n) is 3.03. The number of hydrogen-bond acceptors (Lipinski definition) is 4. The van der Waals surface area contributed by atoms with Crippen molar-refractivity contribution in [3.05, 3.63) is 27.7 Å². The lowest BCUT2D eigenvalue weighted by Gasteiger charge is -2.34. The smallest absolute Gasteiger partial charge is 0.387 e. The van der Waals surface area contributed by atoms with E-state index in [1.807, 2.05) is 0 Å². The first-order chi connectivity index (χ1) is 13.4. The lowest BCUT2D eigenvalue weighted by Crippen LogP contribution is -2.49. The van der Waals surface area contributed by atoms with Crippen molar-refractivity contribution in [2.45, 2.75) is 20.1 Å². The van der Waals surface area contributed by atoms with Crippen LogP contribution < -0.4 is 15.4 Å². The van der Waals surface area contributed by atoms with Crippen molar-refractivity contribution in [2.75, 3.05) is 52.9 Å². The van der Waals surface area contributed by atoms with Crippen molar-refractivity contribution in [3.8, 4) is 5.75 Å². The van der Waals surface area contributed by atoms with Gasteiger partial charge in [0.25, 0.3) is 0 Å². The van der Waals surface area contributed by atoms with Crippen molar-refractivity contribution in [1.29, 1.82) is 0 Å². The number of guanidine groups is 1. The Labute approximate surface area is 174 Å². The second-order valence-corrected chi connectivity index (χ2v) is 7.23. The molecule has 2 N–H and O–H groups in total. The number of aliphatic imine (C=N–C) groups is 1. The van der Waals surface area contributed by atoms with Gasteiger partial charge in [-0.1, -0.05) is 30.1 Å². The van der Waals surface area contributed by atoms with Crippen LogP contribution in [0.15, 0.2) is 17.1 Å². The molecule has 28 heavy (non-hydrogen) atoms. The van der Waals surface area contributed by atoms with Crippen molar-refractivity contribution >= 4 is 29.2 Å². The Morgan fingerprint density at radius 2 is 1.86 bits per heavy atom. The maximum atomic E-state index is 12.7. The number of halogens is 4. The SMILES string of the molecule is CCN1CCN(CCNC(=NC)NCc2cc(Cl)cc(Cl)c2OC(F)F)CC1. The molecular formula is C18H27Cl2F2N5O. The molecule has 0 aliphatic carbocycles. The Morgan fingerprint density at radius 1 is 1.18 bits per heavy atom. The molecule has 2 rings (SSSR count). The maximum Gasteiger partial charge on any atom is 0.387 e. The predicted molar refractivity (Wildman–Crippen MR) is 110 cm³/mol. The monoisotopic (exact) mass is 437 g/mol. The molecular weight excluding hydrogens is 411 g/mol. The third kappa shape index (κ3) is 7.24. The Bertz CT molecular complexity index is 655. The Hall–Kier alpha value is -1.35. The summed E-state index contributed by atoms with van der Waals surface area (Å²) in [7, 11) is 1.65. The van der Waals surface area contributed by atoms with Crippen LogP contribution >= 0.6 is 23.2 Å². The zero-order valence-electron chi connectivity index (χ0n) is 16.2. The average Bonchev–Trinajstić information content (AvgIpc) is 2.67. The second-order valence-electron chi connectivity index (χ2n) is 6.38. The van der Waals surface area contributed by atoms with Crippen molar-refractivity contribution in [3.63, 3.8) is 0 Å². The number of rotatable bonds is 8. The summed E-state index contributed by atoms with van der Waals surface area (Å²) in [5.41, 5.74) is 0.427. The molecule has 1 fully saturated rings. The van der Waals surface area contributed by atoms with Gasteiger partial charge in [0.15, 0.2) is 5.96 Å². The molecule has 0 aromatic heterocycles. The summed E-state index contributed by atoms with van der Waals surface area (Å²) in [6, 6.07) is 2.91. The summed E-state index contributed by atoms with van der Waals surface area (Å²) in [6.07, 6.45) is 0. The molecule has 0 spiro atoms. The van der Waals surface area contributed by atoms with Crippen LogP contribution in [-0.4, -0.2) is 75.2 Å². The van der Waals surface area contributed by atoms with Gasteiger partial charge in [-0.05, 0) is 18.7 Å². The van der Waals surface area contributed by atoms with E-state index in [0.29, 0.717) is 16.5 Å². The average molecular weight is 438 g/mol. The molecule has 158 valence electrons. The van der Waals surface area contributed by atoms with E-state index in [0.717, 1.165) is 45.8 Å². The molecule has 1 aliphatic heterocycles. The number of alkyl halides is 2. The van der Waals surface area contributed by atoms with Gasteiger partial charge in [0.1, 0.15) is 5.75 Å². The standard InChI is InChI=1S/C18H27Cl2F2N5O/c1-3-26-6-8-27(9-7-26)5-4-24-18(23-2)25-12-13-10-14(19)11-15(20)16(13)28-17(21)22/h10-11,17H,3-9,12H2,1-2H3,(H2,23,24,25). The molecule has 10 heteroatoms. The largest absolute Gasteiger partial charge is 0.433 e. The highest BCUT2D eigenvalue weighted by molar-refractivity contribution is 6.35. The highest BCUT2D eigenvalue weighted by atomic mass is 35.5. The van der Waals surface area contributed by atoms with E-state index in [9.17, 15) is 8.78 Å². The number of hydrogen-bond donors (Lipinski definition) is 2. The summed E-state index contributed by atoms with van der Waals surface area (Å²) in [6.45, 7) is 6.40. The summed E-state index contributed by atoms with van der Waals surface area (Å²) in [5, 5.41) is 6.69. The second kappa shape index (κ2) is 11.6. The van der Waals surface area contributed by atoms with Crippen molar-refractivity contribution < 1.29 is 13.5 Å². The van der Waals surface area contributed by atoms with E-state index in [2.05, 4.69) is 37.1 Å². The molecule has 0 atom stereocenters. The number of nitrogens with one attached hydrogen (secondary N) is 2. The van der Waals surface area contributed by atoms with Gasteiger partial charge < -0.3 is 20.3 Å². The van der Waals surface area contributed by atoms with Gasteiger partial charge in [-0.2, -0.15) is 8.78 Å². The van der Waals surface area contributed by atoms with E-state index in [-0.39, 0.29) is 17.3 Å². The number of likely N-dealkylation sites (N-methyl/N-ethyl adjacent to an activating group) is 1. The van der Waals surface area contributed by atoms with E-state index < -0.39 is 6.61 Å². The van der Waals surface area contributed by atoms with Crippen LogP contribution in [0.25, 0.3) is 0 Å². The van der Waals surface area contributed by atoms with Crippen molar-refractivity contribution in [2.24, 2.45) is 4.99 Å². The summed E-state index contributed by atoms with van der Waals surface area (Å²) >= 11 is 12.0. The minimum absolute atomic E-state index is 0.0405. The third-order valence-corrected chi connectivity index (χ3v) is 5.09. The summed E-state index contributed by atoms with van der Waals surface area (Å²) < 4.78 is 29.9. The molecule has 0 unspecified atom stereocenters. The molecule has 1 aromatic carbocycles. The van der Waals surface area contributed by atoms with Gasteiger partial charge >= 0.3 is 6.61 Å². The number of benzene rings is 1. The quantitative estimate of drug-likeness (QED) is 0.483. The van der Waals surface area contributed by atoms with Gasteiger partial charge in [0, 0.05) is 63.4 Å². The van der Waals surface area contributed by atoms with Gasteiger partial charge in [0.05, 0.1) is 5.02 Å². The Morgan fingerprint density at radius 3 is 2.46 bits per heavy atom. The third-order valence-electron chi connectivity index (χ3n) is 4.59. The first-order valence-corrected chi connectivity index (χ1v) is 10.0. The van der Waals surface area contributed by atoms with E-state index in [4.69, 9.17) is 23.2 Å². The molecule has 1 aromatic rings. The zero-order chi connectivity index (χ0) is 20.5. The first kappa shape index (κ1) is 22.9. The van der Waals surface area contributed by atoms with Crippen LogP contribution in [0.4, 0.5) is 8.78 Å². The van der Waals surface area contributed by atoms with Crippen LogP contribution in [0.5, 0.6) is 5.75 Å².